The van der Waals surface area contributed by atoms with Crippen LogP contribution in [0.5, 0.6) is 5.75 Å². The Balaban J connectivity index is 1.53. The van der Waals surface area contributed by atoms with Crippen LogP contribution in [0.25, 0.3) is 32.9 Å². The Labute approximate surface area is 260 Å². The normalized spacial score (nSPS) is 19.1. The average Bonchev–Trinajstić information content (AvgIpc) is 2.98. The lowest BCUT2D eigenvalue weighted by molar-refractivity contribution is -0.151. The largest absolute Gasteiger partial charge is 0.543 e. The van der Waals surface area contributed by atoms with E-state index in [1.165, 1.54) is 12.4 Å². The number of aromatic nitrogens is 3. The molecule has 2 aliphatic rings. The lowest BCUT2D eigenvalue weighted by atomic mass is 9.86. The molecule has 0 bridgehead atoms. The van der Waals surface area contributed by atoms with Crippen LogP contribution in [0.1, 0.15) is 73.3 Å². The Morgan fingerprint density at radius 1 is 1.00 bits per heavy atom. The number of benzene rings is 2. The Bertz CT molecular complexity index is 1680. The monoisotopic (exact) mass is 618 g/mol. The molecule has 4 heterocycles. The zero-order valence-corrected chi connectivity index (χ0v) is 28.0. The molecule has 2 saturated heterocycles. The first kappa shape index (κ1) is 30.8. The number of pyridine rings is 1. The van der Waals surface area contributed by atoms with Crippen molar-refractivity contribution in [2.45, 2.75) is 96.4 Å². The summed E-state index contributed by atoms with van der Waals surface area (Å²) in [6.07, 6.45) is 6.60. The van der Waals surface area contributed by atoms with Crippen molar-refractivity contribution in [3.05, 3.63) is 54.0 Å². The molecule has 0 saturated carbocycles. The van der Waals surface area contributed by atoms with Gasteiger partial charge in [-0.05, 0) is 70.4 Å². The van der Waals surface area contributed by atoms with Gasteiger partial charge in [-0.2, -0.15) is 0 Å². The molecule has 9 heteroatoms. The Morgan fingerprint density at radius 3 is 2.36 bits per heavy atom. The van der Waals surface area contributed by atoms with Gasteiger partial charge in [-0.3, -0.25) is 4.98 Å². The van der Waals surface area contributed by atoms with E-state index in [9.17, 15) is 0 Å². The molecule has 0 unspecified atom stereocenters. The Morgan fingerprint density at radius 2 is 1.73 bits per heavy atom. The zero-order valence-electron chi connectivity index (χ0n) is 27.0. The fraction of sp³-hybridized carbons (Fsp3) is 0.514. The fourth-order valence-electron chi connectivity index (χ4n) is 8.05. The van der Waals surface area contributed by atoms with Crippen molar-refractivity contribution in [2.75, 3.05) is 24.6 Å². The molecule has 2 aromatic heterocycles. The van der Waals surface area contributed by atoms with Crippen molar-refractivity contribution in [1.29, 1.82) is 0 Å². The molecule has 234 valence electrons. The Hall–Kier alpha value is -3.17. The van der Waals surface area contributed by atoms with E-state index in [0.717, 1.165) is 44.3 Å². The van der Waals surface area contributed by atoms with Crippen LogP contribution < -0.4 is 9.33 Å². The van der Waals surface area contributed by atoms with Crippen molar-refractivity contribution in [1.82, 2.24) is 15.0 Å². The van der Waals surface area contributed by atoms with Crippen LogP contribution >= 0.6 is 0 Å². The van der Waals surface area contributed by atoms with Crippen molar-refractivity contribution in [3.8, 4) is 17.0 Å². The van der Waals surface area contributed by atoms with Crippen LogP contribution in [-0.2, 0) is 11.2 Å². The first-order valence-corrected chi connectivity index (χ1v) is 18.3. The quantitative estimate of drug-likeness (QED) is 0.184. The first-order valence-electron chi connectivity index (χ1n) is 16.1. The maximum atomic E-state index is 16.7. The summed E-state index contributed by atoms with van der Waals surface area (Å²) in [7, 11) is -2.33. The molecule has 2 aliphatic heterocycles. The molecule has 44 heavy (non-hydrogen) atoms. The minimum Gasteiger partial charge on any atom is -0.543 e. The molecular formula is C35H44F2N4O2Si. The van der Waals surface area contributed by atoms with Gasteiger partial charge in [0, 0.05) is 31.3 Å². The standard InChI is InChI=1S/C35H44F2N4O2Si/c1-8-26-29(36)11-10-24-16-25(43-44(21(2)3,22(4)5)23(6)7)17-27(30(24)26)32-31(37)33-28(18-38-32)34(40-20-39-33)41-14-9-12-35(19-41)13-15-42-35/h10-11,16-18,20-23H,8-9,12-15,19H2,1-7H3/t35-/m0/s1. The van der Waals surface area contributed by atoms with Crippen LogP contribution in [0, 0.1) is 11.6 Å². The number of halogens is 2. The molecule has 2 fully saturated rings. The first-order chi connectivity index (χ1) is 21.0. The summed E-state index contributed by atoms with van der Waals surface area (Å²) in [5, 5.41) is 2.03. The molecule has 0 aliphatic carbocycles. The van der Waals surface area contributed by atoms with Crippen molar-refractivity contribution < 1.29 is 17.9 Å². The number of rotatable bonds is 8. The highest BCUT2D eigenvalue weighted by Gasteiger charge is 2.47. The number of fused-ring (bicyclic) bond motifs is 2. The molecule has 0 amide bonds. The summed E-state index contributed by atoms with van der Waals surface area (Å²) in [5.41, 5.74) is 2.32. The minimum atomic E-state index is -2.33. The maximum absolute atomic E-state index is 16.7. The molecule has 4 aromatic rings. The summed E-state index contributed by atoms with van der Waals surface area (Å²) < 4.78 is 45.0. The summed E-state index contributed by atoms with van der Waals surface area (Å²) in [5.74, 6) is 0.495. The number of hydrogen-bond donors (Lipinski definition) is 0. The zero-order chi connectivity index (χ0) is 31.4. The number of hydrogen-bond acceptors (Lipinski definition) is 6. The van der Waals surface area contributed by atoms with Gasteiger partial charge in [0.25, 0.3) is 8.32 Å². The molecule has 1 atom stereocenters. The average molecular weight is 619 g/mol. The van der Waals surface area contributed by atoms with E-state index >= 15 is 8.78 Å². The van der Waals surface area contributed by atoms with E-state index in [4.69, 9.17) is 14.1 Å². The third kappa shape index (κ3) is 4.96. The van der Waals surface area contributed by atoms with Gasteiger partial charge in [-0.1, -0.05) is 54.5 Å². The summed E-state index contributed by atoms with van der Waals surface area (Å²) >= 11 is 0. The molecular weight excluding hydrogens is 574 g/mol. The van der Waals surface area contributed by atoms with Gasteiger partial charge in [-0.15, -0.1) is 0 Å². The second kappa shape index (κ2) is 11.6. The summed E-state index contributed by atoms with van der Waals surface area (Å²) in [6, 6.07) is 7.11. The van der Waals surface area contributed by atoms with E-state index in [0.29, 0.717) is 56.5 Å². The summed E-state index contributed by atoms with van der Waals surface area (Å²) in [4.78, 5) is 15.9. The molecule has 0 N–H and O–H groups in total. The second-order valence-electron chi connectivity index (χ2n) is 13.6. The highest BCUT2D eigenvalue weighted by Crippen LogP contribution is 2.45. The molecule has 0 radical (unpaired) electrons. The van der Waals surface area contributed by atoms with Crippen LogP contribution in [0.4, 0.5) is 14.6 Å². The molecule has 1 spiro atoms. The van der Waals surface area contributed by atoms with Crippen LogP contribution in [0.2, 0.25) is 16.6 Å². The minimum absolute atomic E-state index is 0.137. The van der Waals surface area contributed by atoms with E-state index < -0.39 is 14.1 Å². The van der Waals surface area contributed by atoms with E-state index in [-0.39, 0.29) is 22.6 Å². The van der Waals surface area contributed by atoms with Crippen molar-refractivity contribution in [2.24, 2.45) is 0 Å². The van der Waals surface area contributed by atoms with Gasteiger partial charge in [0.2, 0.25) is 0 Å². The van der Waals surface area contributed by atoms with Crippen molar-refractivity contribution >= 4 is 35.8 Å². The van der Waals surface area contributed by atoms with Gasteiger partial charge < -0.3 is 14.1 Å². The highest BCUT2D eigenvalue weighted by atomic mass is 28.4. The van der Waals surface area contributed by atoms with Crippen LogP contribution in [0.15, 0.2) is 36.8 Å². The fourth-order valence-corrected chi connectivity index (χ4v) is 13.3. The van der Waals surface area contributed by atoms with Gasteiger partial charge in [0.05, 0.1) is 17.6 Å². The lowest BCUT2D eigenvalue weighted by Crippen LogP contribution is -2.56. The van der Waals surface area contributed by atoms with E-state index in [1.54, 1.807) is 12.3 Å². The SMILES string of the molecule is CCc1c(F)ccc2cc(O[Si](C(C)C)(C(C)C)C(C)C)cc(-c3ncc4c(N5CCC[C@]6(CCO6)C5)ncnc4c3F)c12. The van der Waals surface area contributed by atoms with Gasteiger partial charge in [-0.25, -0.2) is 18.7 Å². The smallest absolute Gasteiger partial charge is 0.258 e. The van der Waals surface area contributed by atoms with Crippen molar-refractivity contribution in [3.63, 3.8) is 0 Å². The summed E-state index contributed by atoms with van der Waals surface area (Å²) in [6.45, 7) is 17.7. The molecule has 6 rings (SSSR count). The predicted molar refractivity (Wildman–Crippen MR) is 176 cm³/mol. The van der Waals surface area contributed by atoms with Crippen LogP contribution in [0.3, 0.4) is 0 Å². The number of ether oxygens (including phenoxy) is 1. The number of nitrogens with zero attached hydrogens (tertiary/aromatic N) is 4. The van der Waals surface area contributed by atoms with Crippen LogP contribution in [-0.4, -0.2) is 48.6 Å². The third-order valence-corrected chi connectivity index (χ3v) is 16.2. The van der Waals surface area contributed by atoms with E-state index in [2.05, 4.69) is 56.4 Å². The number of piperidine rings is 1. The van der Waals surface area contributed by atoms with Gasteiger partial charge >= 0.3 is 0 Å². The predicted octanol–water partition coefficient (Wildman–Crippen LogP) is 9.00. The highest BCUT2D eigenvalue weighted by molar-refractivity contribution is 6.78. The lowest BCUT2D eigenvalue weighted by Gasteiger charge is -2.48. The second-order valence-corrected chi connectivity index (χ2v) is 18.9. The maximum Gasteiger partial charge on any atom is 0.258 e. The third-order valence-electron chi connectivity index (χ3n) is 10.2. The topological polar surface area (TPSA) is 60.4 Å². The van der Waals surface area contributed by atoms with Gasteiger partial charge in [0.1, 0.15) is 34.9 Å². The van der Waals surface area contributed by atoms with Gasteiger partial charge in [0.15, 0.2) is 5.82 Å². The molecule has 6 nitrogen and oxygen atoms in total. The van der Waals surface area contributed by atoms with E-state index in [1.807, 2.05) is 19.1 Å². The number of anilines is 1. The number of aryl methyl sites for hydroxylation is 1. The Kier molecular flexibility index (Phi) is 8.16. The molecule has 2 aromatic carbocycles.